The molecule has 4 aromatic rings. The second kappa shape index (κ2) is 22.2. The molecule has 0 aliphatic heterocycles. The minimum atomic E-state index is 0.803. The molecule has 0 atom stereocenters. The normalized spacial score (nSPS) is 13.6. The van der Waals surface area contributed by atoms with Crippen LogP contribution in [0.5, 0.6) is 0 Å². The topological polar surface area (TPSA) is 6.48 Å². The Morgan fingerprint density at radius 3 is 2.09 bits per heavy atom. The summed E-state index contributed by atoms with van der Waals surface area (Å²) in [7, 11) is 0. The number of benzene rings is 4. The van der Waals surface area contributed by atoms with Gasteiger partial charge in [0.15, 0.2) is 0 Å². The molecule has 1 aliphatic carbocycles. The minimum absolute atomic E-state index is 0.803. The van der Waals surface area contributed by atoms with Gasteiger partial charge in [0.05, 0.1) is 0 Å². The zero-order valence-corrected chi connectivity index (χ0v) is 32.3. The summed E-state index contributed by atoms with van der Waals surface area (Å²) in [5.74, 6) is 2.68. The van der Waals surface area contributed by atoms with Gasteiger partial charge in [0.2, 0.25) is 0 Å². The molecule has 0 fully saturated rings. The Hall–Kier alpha value is -7.08. The predicted molar refractivity (Wildman–Crippen MR) is 245 cm³/mol. The van der Waals surface area contributed by atoms with Crippen molar-refractivity contribution in [1.29, 1.82) is 0 Å². The fourth-order valence-electron chi connectivity index (χ4n) is 6.14. The summed E-state index contributed by atoms with van der Waals surface area (Å²) >= 11 is 0. The van der Waals surface area contributed by atoms with E-state index in [2.05, 4.69) is 199 Å². The Morgan fingerprint density at radius 2 is 1.41 bits per heavy atom. The van der Waals surface area contributed by atoms with Gasteiger partial charge >= 0.3 is 0 Å². The minimum Gasteiger partial charge on any atom is -0.341 e. The van der Waals surface area contributed by atoms with Gasteiger partial charge in [0, 0.05) is 41.4 Å². The van der Waals surface area contributed by atoms with Gasteiger partial charge in [0.25, 0.3) is 0 Å². The molecule has 0 N–H and O–H groups in total. The van der Waals surface area contributed by atoms with Gasteiger partial charge in [0.1, 0.15) is 0 Å². The molecule has 4 aromatic carbocycles. The maximum atomic E-state index is 5.69. The van der Waals surface area contributed by atoms with Crippen LogP contribution in [0.3, 0.4) is 0 Å². The highest BCUT2D eigenvalue weighted by Gasteiger charge is 2.12. The van der Waals surface area contributed by atoms with E-state index in [9.17, 15) is 0 Å². The highest BCUT2D eigenvalue weighted by atomic mass is 15.1. The Labute approximate surface area is 335 Å². The van der Waals surface area contributed by atoms with Crippen molar-refractivity contribution in [3.05, 3.63) is 259 Å². The third-order valence-corrected chi connectivity index (χ3v) is 9.00. The first-order chi connectivity index (χ1) is 27.6. The zero-order valence-electron chi connectivity index (χ0n) is 32.3. The third-order valence-electron chi connectivity index (χ3n) is 9.00. The molecular formula is C54H50N2. The molecule has 56 heavy (non-hydrogen) atoms. The molecule has 2 nitrogen and oxygen atoms in total. The van der Waals surface area contributed by atoms with E-state index in [0.717, 1.165) is 58.7 Å². The first kappa shape index (κ1) is 40.1. The summed E-state index contributed by atoms with van der Waals surface area (Å²) in [6, 6.07) is 37.9. The van der Waals surface area contributed by atoms with Crippen molar-refractivity contribution < 1.29 is 0 Å². The number of hydrogen-bond donors (Lipinski definition) is 0. The van der Waals surface area contributed by atoms with E-state index in [1.54, 1.807) is 12.2 Å². The molecule has 0 heterocycles. The van der Waals surface area contributed by atoms with Crippen LogP contribution in [0.4, 0.5) is 17.1 Å². The second-order valence-electron chi connectivity index (χ2n) is 13.0. The molecule has 0 unspecified atom stereocenters. The van der Waals surface area contributed by atoms with E-state index >= 15 is 0 Å². The monoisotopic (exact) mass is 726 g/mol. The Balaban J connectivity index is 1.19. The number of para-hydroxylation sites is 2. The molecule has 0 aromatic heterocycles. The van der Waals surface area contributed by atoms with E-state index in [4.69, 9.17) is 6.42 Å². The fourth-order valence-corrected chi connectivity index (χ4v) is 6.14. The van der Waals surface area contributed by atoms with Gasteiger partial charge in [-0.1, -0.05) is 177 Å². The largest absolute Gasteiger partial charge is 0.341 e. The summed E-state index contributed by atoms with van der Waals surface area (Å²) in [5, 5.41) is 0. The lowest BCUT2D eigenvalue weighted by molar-refractivity contribution is 0.966. The highest BCUT2D eigenvalue weighted by molar-refractivity contribution is 5.71. The Bertz CT molecular complexity index is 2240. The van der Waals surface area contributed by atoms with E-state index in [0.29, 0.717) is 0 Å². The lowest BCUT2D eigenvalue weighted by Crippen LogP contribution is -2.22. The summed E-state index contributed by atoms with van der Waals surface area (Å²) < 4.78 is 0. The number of rotatable bonds is 17. The van der Waals surface area contributed by atoms with Crippen LogP contribution in [0.1, 0.15) is 30.0 Å². The van der Waals surface area contributed by atoms with E-state index in [1.807, 2.05) is 43.4 Å². The molecule has 5 rings (SSSR count). The van der Waals surface area contributed by atoms with Crippen LogP contribution in [-0.4, -0.2) is 6.54 Å². The molecule has 2 heteroatoms. The first-order valence-corrected chi connectivity index (χ1v) is 19.0. The summed E-state index contributed by atoms with van der Waals surface area (Å²) in [4.78, 5) is 4.52. The van der Waals surface area contributed by atoms with Crippen LogP contribution in [0.2, 0.25) is 0 Å². The van der Waals surface area contributed by atoms with E-state index in [-0.39, 0.29) is 0 Å². The molecule has 0 saturated heterocycles. The van der Waals surface area contributed by atoms with Crippen LogP contribution < -0.4 is 9.80 Å². The average molecular weight is 727 g/mol. The molecule has 1 aliphatic rings. The molecule has 0 amide bonds. The number of hydrogen-bond acceptors (Lipinski definition) is 2. The lowest BCUT2D eigenvalue weighted by Gasteiger charge is -2.26. The van der Waals surface area contributed by atoms with Crippen LogP contribution in [0, 0.1) is 12.3 Å². The van der Waals surface area contributed by atoms with Crippen LogP contribution in [0.15, 0.2) is 242 Å². The molecule has 0 saturated carbocycles. The number of anilines is 3. The maximum absolute atomic E-state index is 5.69. The molecule has 276 valence electrons. The zero-order chi connectivity index (χ0) is 39.2. The molecule has 0 radical (unpaired) electrons. The van der Waals surface area contributed by atoms with Gasteiger partial charge < -0.3 is 9.80 Å². The fraction of sp³-hybridized carbons (Fsp3) is 0.0741. The number of allylic oxidation sites excluding steroid dienone is 17. The summed E-state index contributed by atoms with van der Waals surface area (Å²) in [5.41, 5.74) is 11.1. The van der Waals surface area contributed by atoms with Gasteiger partial charge in [-0.2, -0.15) is 0 Å². The predicted octanol–water partition coefficient (Wildman–Crippen LogP) is 13.9. The van der Waals surface area contributed by atoms with Crippen molar-refractivity contribution in [3.63, 3.8) is 0 Å². The van der Waals surface area contributed by atoms with Crippen molar-refractivity contribution >= 4 is 29.2 Å². The number of terminal acetylenes is 1. The van der Waals surface area contributed by atoms with Crippen molar-refractivity contribution in [2.45, 2.75) is 19.8 Å². The quantitative estimate of drug-likeness (QED) is 0.0790. The van der Waals surface area contributed by atoms with Gasteiger partial charge in [-0.05, 0) is 102 Å². The van der Waals surface area contributed by atoms with E-state index in [1.165, 1.54) is 16.9 Å². The summed E-state index contributed by atoms with van der Waals surface area (Å²) in [6.45, 7) is 10.7. The number of nitrogens with zero attached hydrogens (tertiary/aromatic N) is 2. The van der Waals surface area contributed by atoms with Crippen LogP contribution >= 0.6 is 0 Å². The lowest BCUT2D eigenvalue weighted by atomic mass is 10.1. The van der Waals surface area contributed by atoms with Crippen molar-refractivity contribution in [2.24, 2.45) is 0 Å². The smallest absolute Gasteiger partial charge is 0.0462 e. The first-order valence-electron chi connectivity index (χ1n) is 19.0. The molecular weight excluding hydrogens is 677 g/mol. The van der Waals surface area contributed by atoms with E-state index < -0.39 is 0 Å². The van der Waals surface area contributed by atoms with Crippen molar-refractivity contribution in [2.75, 3.05) is 16.3 Å². The second-order valence-corrected chi connectivity index (χ2v) is 13.0. The SMILES string of the molecule is C#C/C=C(\C=C/Cc1ccc(/C=C/C2=CC=C(N(C/C=C\C=C/C)c3ccccc3)CC=C2)cc1)/C=C/c1ccc(N(/C(C=C)=C/C=C)c2ccccc2)cc1. The van der Waals surface area contributed by atoms with Gasteiger partial charge in [-0.15, -0.1) is 6.42 Å². The average Bonchev–Trinajstić information content (AvgIpc) is 3.49. The molecule has 0 bridgehead atoms. The standard InChI is InChI=1S/C54H50N2/c1-5-9-10-17-44-55(51-25-13-11-14-26-51)52-29-19-24-47(38-41-52)33-37-48-35-31-46(32-36-48)23-18-22-45(20-6-2)30-34-49-39-42-54(43-40-49)56(50(8-4)21-7-3)53-27-15-12-16-28-53/h2,5,7-22,24-28,30-43H,3-4,23,29,44H2,1H3/b9-5-,17-10-,22-18-,34-30+,37-33+,45-20+,50-21+. The summed E-state index contributed by atoms with van der Waals surface area (Å²) in [6.07, 6.45) is 44.7. The van der Waals surface area contributed by atoms with Crippen molar-refractivity contribution in [1.82, 2.24) is 0 Å². The Kier molecular flexibility index (Phi) is 15.9. The van der Waals surface area contributed by atoms with Gasteiger partial charge in [-0.3, -0.25) is 0 Å². The third kappa shape index (κ3) is 12.2. The van der Waals surface area contributed by atoms with Crippen LogP contribution in [0.25, 0.3) is 12.2 Å². The van der Waals surface area contributed by atoms with Crippen LogP contribution in [-0.2, 0) is 6.42 Å². The Morgan fingerprint density at radius 1 is 0.732 bits per heavy atom. The van der Waals surface area contributed by atoms with Gasteiger partial charge in [-0.25, -0.2) is 0 Å². The highest BCUT2D eigenvalue weighted by Crippen LogP contribution is 2.31. The maximum Gasteiger partial charge on any atom is 0.0462 e. The van der Waals surface area contributed by atoms with Crippen molar-refractivity contribution in [3.8, 4) is 12.3 Å². The molecule has 0 spiro atoms.